The number of amides is 5. The quantitative estimate of drug-likeness (QED) is 0.647. The zero-order valence-corrected chi connectivity index (χ0v) is 15.3. The molecular formula is C19H22FN3O4. The second-order valence-electron chi connectivity index (χ2n) is 7.19. The molecule has 1 aromatic rings. The molecule has 7 nitrogen and oxygen atoms in total. The molecule has 2 fully saturated rings. The van der Waals surface area contributed by atoms with Crippen LogP contribution in [0.25, 0.3) is 0 Å². The highest BCUT2D eigenvalue weighted by molar-refractivity contribution is 6.45. The molecule has 0 bridgehead atoms. The average Bonchev–Trinajstić information content (AvgIpc) is 2.82. The van der Waals surface area contributed by atoms with E-state index in [1.807, 2.05) is 6.92 Å². The number of benzene rings is 1. The van der Waals surface area contributed by atoms with Gasteiger partial charge in [0.25, 0.3) is 0 Å². The summed E-state index contributed by atoms with van der Waals surface area (Å²) in [5, 5.41) is 2.44. The van der Waals surface area contributed by atoms with Crippen LogP contribution in [0.3, 0.4) is 0 Å². The molecule has 144 valence electrons. The van der Waals surface area contributed by atoms with Crippen LogP contribution in [0.2, 0.25) is 0 Å². The van der Waals surface area contributed by atoms with E-state index in [1.165, 1.54) is 12.1 Å². The van der Waals surface area contributed by atoms with E-state index in [0.29, 0.717) is 16.9 Å². The molecule has 1 aromatic carbocycles. The van der Waals surface area contributed by atoms with Gasteiger partial charge in [-0.3, -0.25) is 19.3 Å². The predicted octanol–water partition coefficient (Wildman–Crippen LogP) is 2.44. The topological polar surface area (TPSA) is 86.8 Å². The van der Waals surface area contributed by atoms with Gasteiger partial charge in [0.2, 0.25) is 5.91 Å². The van der Waals surface area contributed by atoms with Crippen molar-refractivity contribution in [3.63, 3.8) is 0 Å². The highest BCUT2D eigenvalue weighted by Gasteiger charge is 2.49. The van der Waals surface area contributed by atoms with Gasteiger partial charge in [-0.2, -0.15) is 0 Å². The van der Waals surface area contributed by atoms with Crippen LogP contribution in [0.5, 0.6) is 0 Å². The summed E-state index contributed by atoms with van der Waals surface area (Å²) < 4.78 is 13.6. The summed E-state index contributed by atoms with van der Waals surface area (Å²) in [5.41, 5.74) is 0.645. The summed E-state index contributed by atoms with van der Waals surface area (Å²) in [5.74, 6) is -2.92. The minimum atomic E-state index is -0.997. The Balaban J connectivity index is 1.70. The maximum Gasteiger partial charge on any atom is 0.334 e. The molecule has 1 heterocycles. The van der Waals surface area contributed by atoms with Crippen LogP contribution in [0.15, 0.2) is 18.2 Å². The molecule has 8 heteroatoms. The fraction of sp³-hybridized carbons (Fsp3) is 0.474. The van der Waals surface area contributed by atoms with Crippen molar-refractivity contribution in [1.82, 2.24) is 9.80 Å². The lowest BCUT2D eigenvalue weighted by Gasteiger charge is -2.34. The number of aryl methyl sites for hydroxylation is 1. The van der Waals surface area contributed by atoms with Gasteiger partial charge in [0.05, 0.1) is 0 Å². The Morgan fingerprint density at radius 3 is 2.56 bits per heavy atom. The highest BCUT2D eigenvalue weighted by Crippen LogP contribution is 2.31. The molecule has 3 rings (SSSR count). The fourth-order valence-corrected chi connectivity index (χ4v) is 3.65. The van der Waals surface area contributed by atoms with Crippen LogP contribution in [0, 0.1) is 18.7 Å². The van der Waals surface area contributed by atoms with Crippen LogP contribution in [-0.2, 0) is 14.4 Å². The first-order valence-corrected chi connectivity index (χ1v) is 9.04. The van der Waals surface area contributed by atoms with Gasteiger partial charge in [0.15, 0.2) is 0 Å². The fourth-order valence-electron chi connectivity index (χ4n) is 3.65. The van der Waals surface area contributed by atoms with Crippen LogP contribution in [0.4, 0.5) is 14.9 Å². The standard InChI is InChI=1S/C19H22FN3O4/c1-11-7-8-13(9-14(11)20)21-16(24)10-22-17(25)18(26)23(19(22)27)15-6-4-3-5-12(15)2/h7-9,12,15H,3-6,10H2,1-2H3,(H,21,24)/t12-,15+/m1/s1. The van der Waals surface area contributed by atoms with Gasteiger partial charge < -0.3 is 5.32 Å². The van der Waals surface area contributed by atoms with Crippen molar-refractivity contribution in [3.8, 4) is 0 Å². The van der Waals surface area contributed by atoms with Gasteiger partial charge in [-0.05, 0) is 43.4 Å². The van der Waals surface area contributed by atoms with Crippen LogP contribution in [0.1, 0.15) is 38.2 Å². The van der Waals surface area contributed by atoms with Crippen molar-refractivity contribution in [3.05, 3.63) is 29.6 Å². The van der Waals surface area contributed by atoms with E-state index in [9.17, 15) is 23.6 Å². The summed E-state index contributed by atoms with van der Waals surface area (Å²) in [7, 11) is 0. The van der Waals surface area contributed by atoms with E-state index in [-0.39, 0.29) is 17.6 Å². The molecule has 5 amide bonds. The van der Waals surface area contributed by atoms with Gasteiger partial charge in [-0.15, -0.1) is 0 Å². The number of carbonyl (C=O) groups excluding carboxylic acids is 4. The normalized spacial score (nSPS) is 23.1. The number of hydrogen-bond acceptors (Lipinski definition) is 4. The predicted molar refractivity (Wildman–Crippen MR) is 95.1 cm³/mol. The maximum absolute atomic E-state index is 13.6. The largest absolute Gasteiger partial charge is 0.334 e. The Hall–Kier alpha value is -2.77. The molecule has 2 atom stereocenters. The molecule has 0 aromatic heterocycles. The summed E-state index contributed by atoms with van der Waals surface area (Å²) in [4.78, 5) is 51.1. The molecule has 1 aliphatic carbocycles. The Kier molecular flexibility index (Phi) is 5.25. The number of rotatable bonds is 4. The van der Waals surface area contributed by atoms with Crippen molar-refractivity contribution in [1.29, 1.82) is 0 Å². The second-order valence-corrected chi connectivity index (χ2v) is 7.19. The lowest BCUT2D eigenvalue weighted by molar-refractivity contribution is -0.145. The van der Waals surface area contributed by atoms with Crippen molar-refractivity contribution in [2.45, 2.75) is 45.6 Å². The van der Waals surface area contributed by atoms with E-state index < -0.39 is 36.1 Å². The smallest absolute Gasteiger partial charge is 0.324 e. The molecule has 2 aliphatic rings. The summed E-state index contributed by atoms with van der Waals surface area (Å²) in [6.07, 6.45) is 3.46. The molecule has 1 N–H and O–H groups in total. The zero-order chi connectivity index (χ0) is 19.7. The van der Waals surface area contributed by atoms with Crippen LogP contribution in [-0.4, -0.2) is 46.1 Å². The Bertz CT molecular complexity index is 810. The minimum Gasteiger partial charge on any atom is -0.324 e. The number of carbonyl (C=O) groups is 4. The third-order valence-corrected chi connectivity index (χ3v) is 5.24. The summed E-state index contributed by atoms with van der Waals surface area (Å²) >= 11 is 0. The molecule has 27 heavy (non-hydrogen) atoms. The lowest BCUT2D eigenvalue weighted by atomic mass is 9.85. The highest BCUT2D eigenvalue weighted by atomic mass is 19.1. The molecule has 0 radical (unpaired) electrons. The first kappa shape index (κ1) is 19.0. The lowest BCUT2D eigenvalue weighted by Crippen LogP contribution is -2.46. The van der Waals surface area contributed by atoms with Gasteiger partial charge in [0, 0.05) is 11.7 Å². The van der Waals surface area contributed by atoms with E-state index >= 15 is 0 Å². The Labute approximate surface area is 156 Å². The van der Waals surface area contributed by atoms with E-state index in [2.05, 4.69) is 5.32 Å². The summed E-state index contributed by atoms with van der Waals surface area (Å²) in [6.45, 7) is 2.96. The van der Waals surface area contributed by atoms with Crippen molar-refractivity contribution in [2.75, 3.05) is 11.9 Å². The van der Waals surface area contributed by atoms with E-state index in [0.717, 1.165) is 30.2 Å². The third-order valence-electron chi connectivity index (χ3n) is 5.24. The molecule has 0 unspecified atom stereocenters. The van der Waals surface area contributed by atoms with Crippen molar-refractivity contribution in [2.24, 2.45) is 5.92 Å². The van der Waals surface area contributed by atoms with Gasteiger partial charge in [-0.25, -0.2) is 14.1 Å². The van der Waals surface area contributed by atoms with Crippen molar-refractivity contribution >= 4 is 29.4 Å². The number of anilines is 1. The number of nitrogens with one attached hydrogen (secondary N) is 1. The van der Waals surface area contributed by atoms with Crippen molar-refractivity contribution < 1.29 is 23.6 Å². The van der Waals surface area contributed by atoms with Crippen LogP contribution >= 0.6 is 0 Å². The van der Waals surface area contributed by atoms with E-state index in [1.54, 1.807) is 6.92 Å². The van der Waals surface area contributed by atoms with Crippen LogP contribution < -0.4 is 5.32 Å². The zero-order valence-electron chi connectivity index (χ0n) is 15.3. The molecule has 1 aliphatic heterocycles. The van der Waals surface area contributed by atoms with E-state index in [4.69, 9.17) is 0 Å². The second kappa shape index (κ2) is 7.46. The number of imide groups is 2. The molecular weight excluding hydrogens is 353 g/mol. The van der Waals surface area contributed by atoms with Gasteiger partial charge in [0.1, 0.15) is 12.4 Å². The first-order chi connectivity index (χ1) is 12.8. The van der Waals surface area contributed by atoms with Gasteiger partial charge >= 0.3 is 17.8 Å². The maximum atomic E-state index is 13.6. The average molecular weight is 375 g/mol. The molecule has 0 spiro atoms. The third kappa shape index (κ3) is 3.70. The first-order valence-electron chi connectivity index (χ1n) is 9.04. The number of urea groups is 1. The number of hydrogen-bond donors (Lipinski definition) is 1. The SMILES string of the molecule is Cc1ccc(NC(=O)CN2C(=O)C(=O)N([C@H]3CCCC[C@H]3C)C2=O)cc1F. The summed E-state index contributed by atoms with van der Waals surface area (Å²) in [6, 6.07) is 3.11. The number of halogens is 1. The molecule has 1 saturated heterocycles. The Morgan fingerprint density at radius 2 is 1.89 bits per heavy atom. The van der Waals surface area contributed by atoms with Gasteiger partial charge in [-0.1, -0.05) is 25.8 Å². The monoisotopic (exact) mass is 375 g/mol. The molecule has 1 saturated carbocycles. The number of nitrogens with zero attached hydrogens (tertiary/aromatic N) is 2. The minimum absolute atomic E-state index is 0.115. The Morgan fingerprint density at radius 1 is 1.19 bits per heavy atom.